The summed E-state index contributed by atoms with van der Waals surface area (Å²) in [5.41, 5.74) is 1.09. The molecule has 0 radical (unpaired) electrons. The third-order valence-corrected chi connectivity index (χ3v) is 2.77. The predicted molar refractivity (Wildman–Crippen MR) is 71.9 cm³/mol. The number of hydrogen-bond acceptors (Lipinski definition) is 4. The molecule has 0 saturated carbocycles. The average molecular weight is 265 g/mol. The van der Waals surface area contributed by atoms with Crippen molar-refractivity contribution in [3.63, 3.8) is 0 Å². The highest BCUT2D eigenvalue weighted by molar-refractivity contribution is 5.69. The molecule has 1 aromatic carbocycles. The molecule has 19 heavy (non-hydrogen) atoms. The quantitative estimate of drug-likeness (QED) is 0.313. The van der Waals surface area contributed by atoms with Crippen molar-refractivity contribution in [2.75, 3.05) is 6.61 Å². The van der Waals surface area contributed by atoms with Gasteiger partial charge in [0, 0.05) is 18.6 Å². The zero-order valence-electron chi connectivity index (χ0n) is 11.1. The fourth-order valence-electron chi connectivity index (χ4n) is 1.83. The maximum Gasteiger partial charge on any atom is 0.305 e. The van der Waals surface area contributed by atoms with E-state index in [9.17, 15) is 14.9 Å². The van der Waals surface area contributed by atoms with Gasteiger partial charge in [-0.1, -0.05) is 18.6 Å². The third kappa shape index (κ3) is 5.99. The van der Waals surface area contributed by atoms with Crippen molar-refractivity contribution in [1.82, 2.24) is 0 Å². The minimum atomic E-state index is -0.385. The molecule has 0 aliphatic heterocycles. The fraction of sp³-hybridized carbons (Fsp3) is 0.500. The second-order valence-corrected chi connectivity index (χ2v) is 4.29. The predicted octanol–water partition coefficient (Wildman–Crippen LogP) is 3.26. The van der Waals surface area contributed by atoms with Crippen LogP contribution in [0, 0.1) is 10.1 Å². The SMILES string of the molecule is CCOC(=O)CCCCCc1cccc([N+](=O)[O-])c1. The molecular weight excluding hydrogens is 246 g/mol. The van der Waals surface area contributed by atoms with Gasteiger partial charge in [0.15, 0.2) is 0 Å². The molecular formula is C14H19NO4. The summed E-state index contributed by atoms with van der Waals surface area (Å²) in [4.78, 5) is 21.3. The number of nitrogens with zero attached hydrogens (tertiary/aromatic N) is 1. The largest absolute Gasteiger partial charge is 0.466 e. The molecule has 0 atom stereocenters. The Hall–Kier alpha value is -1.91. The zero-order chi connectivity index (χ0) is 14.1. The summed E-state index contributed by atoms with van der Waals surface area (Å²) in [7, 11) is 0. The van der Waals surface area contributed by atoms with Crippen molar-refractivity contribution >= 4 is 11.7 Å². The van der Waals surface area contributed by atoms with Crippen LogP contribution in [0.3, 0.4) is 0 Å². The number of carbonyl (C=O) groups excluding carboxylic acids is 1. The van der Waals surface area contributed by atoms with E-state index in [0.29, 0.717) is 13.0 Å². The highest BCUT2D eigenvalue weighted by Gasteiger charge is 2.05. The van der Waals surface area contributed by atoms with Gasteiger partial charge >= 0.3 is 5.97 Å². The van der Waals surface area contributed by atoms with Crippen LogP contribution in [0.15, 0.2) is 24.3 Å². The number of nitro benzene ring substituents is 1. The van der Waals surface area contributed by atoms with Crippen LogP contribution in [0.2, 0.25) is 0 Å². The molecule has 1 aromatic rings. The Morgan fingerprint density at radius 3 is 2.79 bits per heavy atom. The number of non-ortho nitro benzene ring substituents is 1. The molecule has 0 aliphatic carbocycles. The molecule has 0 heterocycles. The molecule has 0 aliphatic rings. The summed E-state index contributed by atoms with van der Waals surface area (Å²) in [6.45, 7) is 2.22. The number of aryl methyl sites for hydroxylation is 1. The minimum absolute atomic E-state index is 0.129. The standard InChI is InChI=1S/C14H19NO4/c1-2-19-14(16)10-5-3-4-7-12-8-6-9-13(11-12)15(17)18/h6,8-9,11H,2-5,7,10H2,1H3. The van der Waals surface area contributed by atoms with Crippen LogP contribution in [0.4, 0.5) is 5.69 Å². The van der Waals surface area contributed by atoms with Gasteiger partial charge < -0.3 is 4.74 Å². The number of unbranched alkanes of at least 4 members (excludes halogenated alkanes) is 2. The number of carbonyl (C=O) groups is 1. The van der Waals surface area contributed by atoms with Gasteiger partial charge in [-0.2, -0.15) is 0 Å². The van der Waals surface area contributed by atoms with Gasteiger partial charge in [0.2, 0.25) is 0 Å². The Bertz CT molecular complexity index is 431. The van der Waals surface area contributed by atoms with E-state index < -0.39 is 0 Å². The lowest BCUT2D eigenvalue weighted by Crippen LogP contribution is -2.03. The topological polar surface area (TPSA) is 69.4 Å². The normalized spacial score (nSPS) is 10.2. The summed E-state index contributed by atoms with van der Waals surface area (Å²) in [5.74, 6) is -0.155. The molecule has 5 heteroatoms. The van der Waals surface area contributed by atoms with E-state index in [-0.39, 0.29) is 16.6 Å². The molecule has 0 unspecified atom stereocenters. The van der Waals surface area contributed by atoms with E-state index in [0.717, 1.165) is 31.2 Å². The van der Waals surface area contributed by atoms with Gasteiger partial charge in [-0.05, 0) is 31.7 Å². The highest BCUT2D eigenvalue weighted by Crippen LogP contribution is 2.15. The Labute approximate surface area is 112 Å². The Kier molecular flexibility index (Phi) is 6.57. The van der Waals surface area contributed by atoms with E-state index >= 15 is 0 Å². The molecule has 0 aromatic heterocycles. The molecule has 0 spiro atoms. The van der Waals surface area contributed by atoms with Crippen LogP contribution < -0.4 is 0 Å². The van der Waals surface area contributed by atoms with Crippen molar-refractivity contribution < 1.29 is 14.5 Å². The molecule has 0 N–H and O–H groups in total. The van der Waals surface area contributed by atoms with E-state index in [1.54, 1.807) is 19.1 Å². The van der Waals surface area contributed by atoms with Crippen molar-refractivity contribution in [3.05, 3.63) is 39.9 Å². The molecule has 5 nitrogen and oxygen atoms in total. The van der Waals surface area contributed by atoms with E-state index in [4.69, 9.17) is 4.74 Å². The second-order valence-electron chi connectivity index (χ2n) is 4.29. The van der Waals surface area contributed by atoms with E-state index in [1.807, 2.05) is 6.07 Å². The highest BCUT2D eigenvalue weighted by atomic mass is 16.6. The number of hydrogen-bond donors (Lipinski definition) is 0. The summed E-state index contributed by atoms with van der Waals surface area (Å²) < 4.78 is 4.83. The Morgan fingerprint density at radius 2 is 2.11 bits per heavy atom. The number of ether oxygens (including phenoxy) is 1. The van der Waals surface area contributed by atoms with Crippen LogP contribution in [-0.2, 0) is 16.0 Å². The molecule has 0 saturated heterocycles. The fourth-order valence-corrected chi connectivity index (χ4v) is 1.83. The van der Waals surface area contributed by atoms with Crippen molar-refractivity contribution in [2.24, 2.45) is 0 Å². The maximum absolute atomic E-state index is 11.1. The van der Waals surface area contributed by atoms with Crippen LogP contribution in [0.5, 0.6) is 0 Å². The molecule has 104 valence electrons. The minimum Gasteiger partial charge on any atom is -0.466 e. The number of rotatable bonds is 8. The first-order valence-corrected chi connectivity index (χ1v) is 6.52. The molecule has 1 rings (SSSR count). The van der Waals surface area contributed by atoms with Gasteiger partial charge in [0.1, 0.15) is 0 Å². The first kappa shape index (κ1) is 15.1. The molecule has 0 amide bonds. The van der Waals surface area contributed by atoms with Crippen molar-refractivity contribution in [3.8, 4) is 0 Å². The van der Waals surface area contributed by atoms with Gasteiger partial charge in [-0.25, -0.2) is 0 Å². The van der Waals surface area contributed by atoms with E-state index in [1.165, 1.54) is 6.07 Å². The number of benzene rings is 1. The van der Waals surface area contributed by atoms with E-state index in [2.05, 4.69) is 0 Å². The number of esters is 1. The lowest BCUT2D eigenvalue weighted by molar-refractivity contribution is -0.384. The molecule has 0 fully saturated rings. The maximum atomic E-state index is 11.1. The third-order valence-electron chi connectivity index (χ3n) is 2.77. The van der Waals surface area contributed by atoms with Gasteiger partial charge in [-0.3, -0.25) is 14.9 Å². The summed E-state index contributed by atoms with van der Waals surface area (Å²) in [5, 5.41) is 10.6. The van der Waals surface area contributed by atoms with Gasteiger partial charge in [0.05, 0.1) is 11.5 Å². The van der Waals surface area contributed by atoms with Crippen LogP contribution in [-0.4, -0.2) is 17.5 Å². The first-order valence-electron chi connectivity index (χ1n) is 6.52. The van der Waals surface area contributed by atoms with Crippen molar-refractivity contribution in [2.45, 2.75) is 39.0 Å². The lowest BCUT2D eigenvalue weighted by Gasteiger charge is -2.03. The Morgan fingerprint density at radius 1 is 1.32 bits per heavy atom. The summed E-state index contributed by atoms with van der Waals surface area (Å²) in [6, 6.07) is 6.68. The van der Waals surface area contributed by atoms with Gasteiger partial charge in [0.25, 0.3) is 5.69 Å². The van der Waals surface area contributed by atoms with Crippen LogP contribution in [0.25, 0.3) is 0 Å². The smallest absolute Gasteiger partial charge is 0.305 e. The average Bonchev–Trinajstić information content (AvgIpc) is 2.39. The molecule has 0 bridgehead atoms. The second kappa shape index (κ2) is 8.24. The van der Waals surface area contributed by atoms with Gasteiger partial charge in [-0.15, -0.1) is 0 Å². The summed E-state index contributed by atoms with van der Waals surface area (Å²) in [6.07, 6.45) is 3.88. The lowest BCUT2D eigenvalue weighted by atomic mass is 10.1. The van der Waals surface area contributed by atoms with Crippen LogP contribution >= 0.6 is 0 Å². The monoisotopic (exact) mass is 265 g/mol. The number of nitro groups is 1. The Balaban J connectivity index is 2.24. The van der Waals surface area contributed by atoms with Crippen LogP contribution in [0.1, 0.15) is 38.2 Å². The van der Waals surface area contributed by atoms with Crippen molar-refractivity contribution in [1.29, 1.82) is 0 Å². The zero-order valence-corrected chi connectivity index (χ0v) is 11.1. The summed E-state index contributed by atoms with van der Waals surface area (Å²) >= 11 is 0. The first-order chi connectivity index (χ1) is 9.13.